The summed E-state index contributed by atoms with van der Waals surface area (Å²) in [6, 6.07) is 0. The van der Waals surface area contributed by atoms with Crippen molar-refractivity contribution in [1.29, 1.82) is 0 Å². The highest BCUT2D eigenvalue weighted by Gasteiger charge is 2.41. The lowest BCUT2D eigenvalue weighted by atomic mass is 9.70. The van der Waals surface area contributed by atoms with E-state index in [4.69, 9.17) is 0 Å². The number of unbranched alkanes of at least 4 members (excludes halogenated alkanes) is 6. The summed E-state index contributed by atoms with van der Waals surface area (Å²) in [5, 5.41) is 11.7. The maximum atomic E-state index is 14.0. The first-order valence-corrected chi connectivity index (χ1v) is 15.9. The van der Waals surface area contributed by atoms with Crippen molar-refractivity contribution in [2.24, 2.45) is 11.3 Å². The van der Waals surface area contributed by atoms with Gasteiger partial charge in [0.2, 0.25) is 11.8 Å². The lowest BCUT2D eigenvalue weighted by molar-refractivity contribution is -0.192. The molecule has 39 heavy (non-hydrogen) atoms. The molecule has 1 rings (SSSR count). The molecule has 1 atom stereocenters. The third-order valence-corrected chi connectivity index (χ3v) is 8.41. The second-order valence-corrected chi connectivity index (χ2v) is 11.2. The molecule has 0 radical (unpaired) electrons. The molecule has 0 bridgehead atoms. The molecule has 0 aromatic rings. The van der Waals surface area contributed by atoms with Gasteiger partial charge in [-0.25, -0.2) is 0 Å². The molecule has 0 saturated carbocycles. The van der Waals surface area contributed by atoms with Crippen LogP contribution in [0, 0.1) is 11.3 Å². The largest absolute Gasteiger partial charge is 0.318 e. The zero-order chi connectivity index (χ0) is 29.4. The highest BCUT2D eigenvalue weighted by atomic mass is 16.2. The van der Waals surface area contributed by atoms with Gasteiger partial charge in [0.1, 0.15) is 0 Å². The molecule has 0 aromatic carbocycles. The van der Waals surface area contributed by atoms with E-state index >= 15 is 0 Å². The molecule has 1 aliphatic rings. The lowest BCUT2D eigenvalue weighted by Crippen LogP contribution is -2.63. The van der Waals surface area contributed by atoms with Crippen molar-refractivity contribution in [1.82, 2.24) is 25.8 Å². The normalized spacial score (nSPS) is 15.6. The van der Waals surface area contributed by atoms with Gasteiger partial charge in [0.25, 0.3) is 5.91 Å². The molecule has 0 aliphatic carbocycles. The molecule has 2 N–H and O–H groups in total. The van der Waals surface area contributed by atoms with Crippen LogP contribution in [0.1, 0.15) is 139 Å². The predicted octanol–water partition coefficient (Wildman–Crippen LogP) is 6.50. The minimum absolute atomic E-state index is 0.116. The minimum Gasteiger partial charge on any atom is -0.318 e. The Labute approximate surface area is 239 Å². The summed E-state index contributed by atoms with van der Waals surface area (Å²) in [7, 11) is 0. The predicted molar refractivity (Wildman–Crippen MR) is 160 cm³/mol. The highest BCUT2D eigenvalue weighted by molar-refractivity contribution is 5.99. The van der Waals surface area contributed by atoms with E-state index in [0.717, 1.165) is 70.6 Å². The van der Waals surface area contributed by atoms with Gasteiger partial charge in [0.15, 0.2) is 11.5 Å². The lowest BCUT2D eigenvalue weighted by Gasteiger charge is -2.47. The van der Waals surface area contributed by atoms with Crippen LogP contribution in [-0.4, -0.2) is 52.5 Å². The number of hydrazine groups is 2. The highest BCUT2D eigenvalue weighted by Crippen LogP contribution is 2.38. The Morgan fingerprint density at radius 2 is 1.38 bits per heavy atom. The number of hydrogen-bond acceptors (Lipinski definition) is 5. The van der Waals surface area contributed by atoms with Gasteiger partial charge < -0.3 is 10.6 Å². The van der Waals surface area contributed by atoms with Crippen molar-refractivity contribution in [3.8, 4) is 0 Å². The summed E-state index contributed by atoms with van der Waals surface area (Å²) in [4.78, 5) is 40.8. The van der Waals surface area contributed by atoms with E-state index < -0.39 is 0 Å². The van der Waals surface area contributed by atoms with Crippen LogP contribution in [0.15, 0.2) is 11.5 Å². The number of nitrogens with zero attached hydrogens (tertiary/aromatic N) is 3. The molecule has 1 aliphatic heterocycles. The van der Waals surface area contributed by atoms with Crippen LogP contribution in [0.5, 0.6) is 0 Å². The Morgan fingerprint density at radius 3 is 1.90 bits per heavy atom. The molecule has 8 heteroatoms. The fraction of sp³-hybridized carbons (Fsp3) is 0.839. The number of hydrogen-bond donors (Lipinski definition) is 2. The van der Waals surface area contributed by atoms with Crippen LogP contribution < -0.4 is 10.6 Å². The molecule has 1 heterocycles. The summed E-state index contributed by atoms with van der Waals surface area (Å²) in [6.45, 7) is 18.5. The van der Waals surface area contributed by atoms with Gasteiger partial charge in [-0.2, -0.15) is 0 Å². The number of rotatable bonds is 20. The molecule has 3 amide bonds. The first kappa shape index (κ1) is 34.9. The molecule has 1 unspecified atom stereocenters. The van der Waals surface area contributed by atoms with Gasteiger partial charge in [-0.3, -0.25) is 24.4 Å². The number of amides is 3. The third kappa shape index (κ3) is 9.80. The van der Waals surface area contributed by atoms with Gasteiger partial charge in [0.05, 0.1) is 0 Å². The number of carbonyl (C=O) groups excluding carboxylic acids is 3. The maximum Gasteiger partial charge on any atom is 0.289 e. The fourth-order valence-corrected chi connectivity index (χ4v) is 5.46. The molecule has 0 saturated heterocycles. The van der Waals surface area contributed by atoms with Crippen LogP contribution in [0.25, 0.3) is 0 Å². The third-order valence-electron chi connectivity index (χ3n) is 8.41. The second-order valence-electron chi connectivity index (χ2n) is 11.2. The molecular weight excluding hydrogens is 490 g/mol. The average Bonchev–Trinajstić information content (AvgIpc) is 2.93. The standard InChI is InChI=1S/C31H59N5O3/c1-9-16-18-20-23-25(31(8,12-4)13-5)29(38)33-27-28(32-26(37)22-11-3)35(24-21-19-17-10-2)36(15-7)34(14-6)30(27)39/h25H,9-24H2,1-8H3,(H,32,37)(H,33,38). The van der Waals surface area contributed by atoms with Crippen molar-refractivity contribution >= 4 is 17.7 Å². The summed E-state index contributed by atoms with van der Waals surface area (Å²) < 4.78 is 0. The van der Waals surface area contributed by atoms with Crippen molar-refractivity contribution in [3.05, 3.63) is 11.5 Å². The Kier molecular flexibility index (Phi) is 16.4. The summed E-state index contributed by atoms with van der Waals surface area (Å²) >= 11 is 0. The molecule has 0 aromatic heterocycles. The van der Waals surface area contributed by atoms with Crippen LogP contribution in [0.3, 0.4) is 0 Å². The average molecular weight is 550 g/mol. The minimum atomic E-state index is -0.274. The van der Waals surface area contributed by atoms with Crippen molar-refractivity contribution < 1.29 is 14.4 Å². The van der Waals surface area contributed by atoms with Gasteiger partial charge in [-0.15, -0.1) is 5.12 Å². The second kappa shape index (κ2) is 18.3. The first-order valence-electron chi connectivity index (χ1n) is 15.9. The Hall–Kier alpha value is -2.09. The molecular formula is C31H59N5O3. The van der Waals surface area contributed by atoms with Crippen molar-refractivity contribution in [3.63, 3.8) is 0 Å². The Balaban J connectivity index is 3.55. The molecule has 0 fully saturated rings. The van der Waals surface area contributed by atoms with E-state index in [1.165, 1.54) is 0 Å². The van der Waals surface area contributed by atoms with Crippen molar-refractivity contribution in [2.45, 2.75) is 139 Å². The van der Waals surface area contributed by atoms with E-state index in [2.05, 4.69) is 45.3 Å². The Bertz CT molecular complexity index is 793. The summed E-state index contributed by atoms with van der Waals surface area (Å²) in [6.07, 6.45) is 12.3. The molecule has 0 spiro atoms. The van der Waals surface area contributed by atoms with Crippen LogP contribution >= 0.6 is 0 Å². The number of likely N-dealkylation sites (N-methyl/N-ethyl adjacent to an activating group) is 1. The zero-order valence-electron chi connectivity index (χ0n) is 26.5. The summed E-state index contributed by atoms with van der Waals surface area (Å²) in [5.74, 6) is -0.336. The van der Waals surface area contributed by atoms with E-state index in [1.807, 2.05) is 30.9 Å². The van der Waals surface area contributed by atoms with Gasteiger partial charge >= 0.3 is 0 Å². The number of carbonyl (C=O) groups is 3. The molecule has 226 valence electrons. The smallest absolute Gasteiger partial charge is 0.289 e. The Morgan fingerprint density at radius 1 is 0.769 bits per heavy atom. The summed E-state index contributed by atoms with van der Waals surface area (Å²) in [5.41, 5.74) is 0.0273. The zero-order valence-corrected chi connectivity index (χ0v) is 26.5. The maximum absolute atomic E-state index is 14.0. The van der Waals surface area contributed by atoms with Gasteiger partial charge in [-0.05, 0) is 51.4 Å². The topological polar surface area (TPSA) is 85.0 Å². The first-order chi connectivity index (χ1) is 18.7. The van der Waals surface area contributed by atoms with Crippen molar-refractivity contribution in [2.75, 3.05) is 19.6 Å². The van der Waals surface area contributed by atoms with E-state index in [9.17, 15) is 14.4 Å². The fourth-order valence-electron chi connectivity index (χ4n) is 5.46. The number of nitrogens with one attached hydrogen (secondary N) is 2. The van der Waals surface area contributed by atoms with E-state index in [0.29, 0.717) is 38.3 Å². The van der Waals surface area contributed by atoms with E-state index in [-0.39, 0.29) is 34.8 Å². The van der Waals surface area contributed by atoms with Gasteiger partial charge in [-0.1, -0.05) is 86.5 Å². The monoisotopic (exact) mass is 549 g/mol. The molecule has 8 nitrogen and oxygen atoms in total. The SMILES string of the molecule is CCCCCCC(C(=O)NC1=C(NC(=O)CCC)N(CCCCCC)N(CC)N(CC)C1=O)C(C)(CC)CC. The van der Waals surface area contributed by atoms with E-state index in [1.54, 1.807) is 5.01 Å². The van der Waals surface area contributed by atoms with Gasteiger partial charge in [0, 0.05) is 32.0 Å². The van der Waals surface area contributed by atoms with Crippen LogP contribution in [0.2, 0.25) is 0 Å². The quantitative estimate of drug-likeness (QED) is 0.169. The van der Waals surface area contributed by atoms with Crippen LogP contribution in [-0.2, 0) is 14.4 Å². The van der Waals surface area contributed by atoms with Crippen LogP contribution in [0.4, 0.5) is 0 Å².